The van der Waals surface area contributed by atoms with Crippen molar-refractivity contribution in [3.8, 4) is 0 Å². The second kappa shape index (κ2) is 10.6. The van der Waals surface area contributed by atoms with Gasteiger partial charge in [-0.2, -0.15) is 13.1 Å². The predicted octanol–water partition coefficient (Wildman–Crippen LogP) is 0.410. The molecule has 0 spiro atoms. The third-order valence-corrected chi connectivity index (χ3v) is 7.63. The van der Waals surface area contributed by atoms with E-state index in [1.807, 2.05) is 0 Å². The zero-order valence-electron chi connectivity index (χ0n) is 17.7. The van der Waals surface area contributed by atoms with Crippen LogP contribution in [0, 0.1) is 0 Å². The van der Waals surface area contributed by atoms with Crippen molar-refractivity contribution in [1.82, 2.24) is 9.13 Å². The lowest BCUT2D eigenvalue weighted by atomic mass is 10.1. The summed E-state index contributed by atoms with van der Waals surface area (Å²) in [7, 11) is -10.8. The first-order chi connectivity index (χ1) is 16.5. The van der Waals surface area contributed by atoms with Crippen LogP contribution in [0.1, 0.15) is 11.8 Å². The molecule has 19 heteroatoms. The van der Waals surface area contributed by atoms with E-state index in [4.69, 9.17) is 14.5 Å². The molecule has 1 aliphatic heterocycles. The number of hydrogen-bond donors (Lipinski definition) is 5. The Kier molecular flexibility index (Phi) is 8.55. The lowest BCUT2D eigenvalue weighted by Gasteiger charge is -2.22. The summed E-state index contributed by atoms with van der Waals surface area (Å²) < 4.78 is 65.5. The summed E-state index contributed by atoms with van der Waals surface area (Å²) in [5, 5.41) is 20.6. The van der Waals surface area contributed by atoms with Gasteiger partial charge in [-0.3, -0.25) is 18.5 Å². The molecule has 0 radical (unpaired) electrons. The number of benzene rings is 1. The van der Waals surface area contributed by atoms with Crippen LogP contribution in [0.15, 0.2) is 50.6 Å². The quantitative estimate of drug-likeness (QED) is 0.241. The highest BCUT2D eigenvalue weighted by molar-refractivity contribution is 9.10. The normalized spacial score (nSPS) is 24.6. The summed E-state index contributed by atoms with van der Waals surface area (Å²) in [6, 6.07) is 6.38. The van der Waals surface area contributed by atoms with E-state index in [-0.39, 0.29) is 9.04 Å². The molecule has 3 unspecified atom stereocenters. The van der Waals surface area contributed by atoms with Crippen LogP contribution in [0.5, 0.6) is 0 Å². The van der Waals surface area contributed by atoms with E-state index >= 15 is 0 Å². The number of ether oxygens (including phenoxy) is 1. The minimum Gasteiger partial charge on any atom is -0.387 e. The maximum absolute atomic E-state index is 14.8. The van der Waals surface area contributed by atoms with Crippen LogP contribution in [0.3, 0.4) is 0 Å². The number of rotatable bonds is 9. The molecule has 14 nitrogen and oxygen atoms in total. The first-order valence-electron chi connectivity index (χ1n) is 9.73. The predicted molar refractivity (Wildman–Crippen MR) is 118 cm³/mol. The third kappa shape index (κ3) is 6.62. The number of aliphatic hydroxyl groups is 2. The van der Waals surface area contributed by atoms with Crippen LogP contribution in [-0.2, 0) is 35.2 Å². The Morgan fingerprint density at radius 3 is 2.28 bits per heavy atom. The van der Waals surface area contributed by atoms with E-state index < -0.39 is 76.1 Å². The van der Waals surface area contributed by atoms with Gasteiger partial charge >= 0.3 is 21.3 Å². The van der Waals surface area contributed by atoms with Gasteiger partial charge in [0, 0.05) is 11.8 Å². The Hall–Kier alpha value is -1.62. The maximum Gasteiger partial charge on any atom is 0.481 e. The zero-order valence-corrected chi connectivity index (χ0v) is 21.1. The standard InChI is InChI=1S/C17H19BrF2N2O12P2/c18-10-6-21(16(26)22(14(10)25)8-17(19,20)9-4-2-1-3-5-9)15-13(24)12(23)11(33-15)7-32-36(30,31)34-35(27,28)29/h1-6,11-13,15,23-24H,7-8H2,(H,30,31)(H2,27,28,29)/t11-,12?,13?,15-/m1/s1. The highest BCUT2D eigenvalue weighted by Gasteiger charge is 2.46. The van der Waals surface area contributed by atoms with Crippen molar-refractivity contribution >= 4 is 31.6 Å². The van der Waals surface area contributed by atoms with E-state index in [2.05, 4.69) is 24.8 Å². The smallest absolute Gasteiger partial charge is 0.387 e. The number of nitrogens with zero attached hydrogens (tertiary/aromatic N) is 2. The molecule has 2 aromatic rings. The molecule has 5 atom stereocenters. The molecule has 1 aromatic carbocycles. The van der Waals surface area contributed by atoms with Crippen molar-refractivity contribution in [2.24, 2.45) is 0 Å². The summed E-state index contributed by atoms with van der Waals surface area (Å²) in [6.07, 6.45) is -6.41. The average molecular weight is 623 g/mol. The van der Waals surface area contributed by atoms with Crippen LogP contribution in [-0.4, -0.2) is 58.9 Å². The molecular formula is C17H19BrF2N2O12P2. The largest absolute Gasteiger partial charge is 0.481 e. The van der Waals surface area contributed by atoms with Crippen LogP contribution in [0.25, 0.3) is 0 Å². The van der Waals surface area contributed by atoms with E-state index in [1.54, 1.807) is 0 Å². The number of halogens is 3. The minimum absolute atomic E-state index is 0.194. The van der Waals surface area contributed by atoms with Gasteiger partial charge in [-0.15, -0.1) is 0 Å². The monoisotopic (exact) mass is 622 g/mol. The molecule has 1 saturated heterocycles. The maximum atomic E-state index is 14.8. The molecule has 3 rings (SSSR count). The fourth-order valence-corrected chi connectivity index (χ4v) is 5.34. The lowest BCUT2D eigenvalue weighted by molar-refractivity contribution is -0.0570. The molecule has 2 heterocycles. The fourth-order valence-electron chi connectivity index (χ4n) is 3.30. The van der Waals surface area contributed by atoms with E-state index in [0.717, 1.165) is 18.3 Å². The fraction of sp³-hybridized carbons (Fsp3) is 0.412. The molecule has 200 valence electrons. The van der Waals surface area contributed by atoms with Crippen LogP contribution in [0.2, 0.25) is 0 Å². The van der Waals surface area contributed by atoms with Gasteiger partial charge in [0.2, 0.25) is 0 Å². The number of phosphoric ester groups is 1. The van der Waals surface area contributed by atoms with Gasteiger partial charge in [0.05, 0.1) is 17.6 Å². The molecule has 0 aliphatic carbocycles. The minimum atomic E-state index is -5.43. The molecular weight excluding hydrogens is 604 g/mol. The second-order valence-corrected chi connectivity index (χ2v) is 11.2. The number of alkyl halides is 2. The topological polar surface area (TPSA) is 207 Å². The Morgan fingerprint density at radius 1 is 1.08 bits per heavy atom. The van der Waals surface area contributed by atoms with Crippen molar-refractivity contribution < 1.29 is 56.4 Å². The molecule has 1 aromatic heterocycles. The molecule has 0 bridgehead atoms. The Balaban J connectivity index is 1.88. The summed E-state index contributed by atoms with van der Waals surface area (Å²) in [4.78, 5) is 52.0. The van der Waals surface area contributed by atoms with Crippen molar-refractivity contribution in [3.63, 3.8) is 0 Å². The Morgan fingerprint density at radius 2 is 1.69 bits per heavy atom. The second-order valence-electron chi connectivity index (χ2n) is 7.51. The molecule has 0 amide bonds. The molecule has 36 heavy (non-hydrogen) atoms. The van der Waals surface area contributed by atoms with E-state index in [0.29, 0.717) is 4.57 Å². The first-order valence-corrected chi connectivity index (χ1v) is 13.5. The van der Waals surface area contributed by atoms with E-state index in [9.17, 15) is 42.6 Å². The Labute approximate surface area is 208 Å². The summed E-state index contributed by atoms with van der Waals surface area (Å²) in [6.45, 7) is -2.43. The van der Waals surface area contributed by atoms with Gasteiger partial charge in [-0.25, -0.2) is 13.9 Å². The Bertz CT molecular complexity index is 1320. The number of hydrogen-bond acceptors (Lipinski definition) is 9. The van der Waals surface area contributed by atoms with Gasteiger partial charge in [0.25, 0.3) is 11.5 Å². The third-order valence-electron chi connectivity index (χ3n) is 4.93. The van der Waals surface area contributed by atoms with Crippen molar-refractivity contribution in [1.29, 1.82) is 0 Å². The zero-order chi connectivity index (χ0) is 27.1. The summed E-state index contributed by atoms with van der Waals surface area (Å²) >= 11 is 2.85. The van der Waals surface area contributed by atoms with Crippen molar-refractivity contribution in [2.75, 3.05) is 6.61 Å². The summed E-state index contributed by atoms with van der Waals surface area (Å²) in [5.74, 6) is -3.66. The molecule has 1 fully saturated rings. The lowest BCUT2D eigenvalue weighted by Crippen LogP contribution is -2.46. The number of aliphatic hydroxyl groups excluding tert-OH is 2. The highest BCUT2D eigenvalue weighted by Crippen LogP contribution is 2.57. The first kappa shape index (κ1) is 28.9. The van der Waals surface area contributed by atoms with Crippen LogP contribution < -0.4 is 11.2 Å². The molecule has 5 N–H and O–H groups in total. The average Bonchev–Trinajstić information content (AvgIpc) is 3.05. The number of aromatic nitrogens is 2. The van der Waals surface area contributed by atoms with Gasteiger partial charge in [0.1, 0.15) is 18.3 Å². The summed E-state index contributed by atoms with van der Waals surface area (Å²) in [5.41, 5.74) is -2.93. The van der Waals surface area contributed by atoms with Crippen LogP contribution >= 0.6 is 31.6 Å². The van der Waals surface area contributed by atoms with Gasteiger partial charge in [-0.1, -0.05) is 30.3 Å². The number of phosphoric acid groups is 2. The molecule has 0 saturated carbocycles. The van der Waals surface area contributed by atoms with Gasteiger partial charge < -0.3 is 29.6 Å². The van der Waals surface area contributed by atoms with Crippen LogP contribution in [0.4, 0.5) is 8.78 Å². The highest BCUT2D eigenvalue weighted by atomic mass is 79.9. The van der Waals surface area contributed by atoms with Gasteiger partial charge in [-0.05, 0) is 15.9 Å². The van der Waals surface area contributed by atoms with E-state index in [1.165, 1.54) is 18.2 Å². The van der Waals surface area contributed by atoms with Crippen molar-refractivity contribution in [3.05, 3.63) is 67.4 Å². The van der Waals surface area contributed by atoms with Crippen molar-refractivity contribution in [2.45, 2.75) is 37.0 Å². The SMILES string of the molecule is O=c1c(Br)cn([C@@H]2O[C@H](COP(=O)(O)OP(=O)(O)O)C(O)C2O)c(=O)n1CC(F)(F)c1ccccc1. The van der Waals surface area contributed by atoms with Gasteiger partial charge in [0.15, 0.2) is 6.23 Å². The molecule has 1 aliphatic rings.